The molecule has 0 atom stereocenters. The van der Waals surface area contributed by atoms with Crippen LogP contribution >= 0.6 is 0 Å². The van der Waals surface area contributed by atoms with Crippen LogP contribution in [0, 0.1) is 0 Å². The zero-order valence-corrected chi connectivity index (χ0v) is 15.6. The highest BCUT2D eigenvalue weighted by molar-refractivity contribution is 5.75. The van der Waals surface area contributed by atoms with Gasteiger partial charge in [-0.15, -0.1) is 0 Å². The van der Waals surface area contributed by atoms with E-state index in [-0.39, 0.29) is 0 Å². The summed E-state index contributed by atoms with van der Waals surface area (Å²) in [6.45, 7) is 3.74. The molecule has 0 aliphatic carbocycles. The van der Waals surface area contributed by atoms with E-state index in [4.69, 9.17) is 13.9 Å². The third kappa shape index (κ3) is 3.56. The van der Waals surface area contributed by atoms with E-state index in [9.17, 15) is 0 Å². The molecule has 3 heterocycles. The van der Waals surface area contributed by atoms with Gasteiger partial charge in [0.25, 0.3) is 0 Å². The maximum Gasteiger partial charge on any atom is 0.213 e. The first-order valence-corrected chi connectivity index (χ1v) is 9.00. The van der Waals surface area contributed by atoms with Crippen LogP contribution in [0.1, 0.15) is 0 Å². The summed E-state index contributed by atoms with van der Waals surface area (Å²) in [7, 11) is 3.32. The summed E-state index contributed by atoms with van der Waals surface area (Å²) < 4.78 is 15.8. The van der Waals surface area contributed by atoms with Crippen LogP contribution in [0.4, 0.5) is 11.4 Å². The van der Waals surface area contributed by atoms with Crippen LogP contribution in [0.2, 0.25) is 0 Å². The molecule has 1 aliphatic heterocycles. The molecule has 0 N–H and O–H groups in total. The summed E-state index contributed by atoms with van der Waals surface area (Å²) in [6, 6.07) is 14.2. The number of furan rings is 1. The maximum absolute atomic E-state index is 5.31. The standard InChI is InChI=1S/C21H23N3O3/c1-25-18-5-3-17(4-6-18)23-10-12-24(13-11-23)19-7-8-20(26-2)22-21(19)16-9-14-27-15-16/h3-9,14-15H,10-13H2,1-2H3. The molecule has 0 spiro atoms. The number of hydrogen-bond acceptors (Lipinski definition) is 6. The minimum Gasteiger partial charge on any atom is -0.497 e. The first-order chi connectivity index (χ1) is 13.3. The molecule has 0 saturated carbocycles. The molecule has 3 aromatic rings. The molecule has 27 heavy (non-hydrogen) atoms. The van der Waals surface area contributed by atoms with Gasteiger partial charge in [-0.25, -0.2) is 4.98 Å². The molecule has 4 rings (SSSR count). The van der Waals surface area contributed by atoms with Crippen molar-refractivity contribution in [2.75, 3.05) is 50.2 Å². The second-order valence-corrected chi connectivity index (χ2v) is 6.41. The Bertz CT molecular complexity index is 870. The van der Waals surface area contributed by atoms with Crippen LogP contribution in [0.5, 0.6) is 11.6 Å². The Labute approximate surface area is 158 Å². The Balaban J connectivity index is 1.52. The van der Waals surface area contributed by atoms with E-state index in [1.165, 1.54) is 5.69 Å². The van der Waals surface area contributed by atoms with E-state index in [1.54, 1.807) is 26.7 Å². The zero-order valence-electron chi connectivity index (χ0n) is 15.6. The fraction of sp³-hybridized carbons (Fsp3) is 0.286. The molecule has 0 bridgehead atoms. The van der Waals surface area contributed by atoms with Gasteiger partial charge in [0.15, 0.2) is 0 Å². The van der Waals surface area contributed by atoms with Crippen molar-refractivity contribution in [2.24, 2.45) is 0 Å². The van der Waals surface area contributed by atoms with E-state index in [2.05, 4.69) is 33.0 Å². The number of rotatable bonds is 5. The highest BCUT2D eigenvalue weighted by Gasteiger charge is 2.21. The summed E-state index contributed by atoms with van der Waals surface area (Å²) >= 11 is 0. The molecule has 2 aromatic heterocycles. The molecule has 1 saturated heterocycles. The number of piperazine rings is 1. The van der Waals surface area contributed by atoms with Crippen molar-refractivity contribution in [3.8, 4) is 22.9 Å². The van der Waals surface area contributed by atoms with Crippen LogP contribution in [-0.2, 0) is 0 Å². The van der Waals surface area contributed by atoms with Gasteiger partial charge in [0.1, 0.15) is 11.4 Å². The number of benzene rings is 1. The Morgan fingerprint density at radius 3 is 2.22 bits per heavy atom. The molecular weight excluding hydrogens is 342 g/mol. The lowest BCUT2D eigenvalue weighted by molar-refractivity contribution is 0.398. The molecular formula is C21H23N3O3. The lowest BCUT2D eigenvalue weighted by Gasteiger charge is -2.38. The topological polar surface area (TPSA) is 51.0 Å². The van der Waals surface area contributed by atoms with Crippen molar-refractivity contribution in [2.45, 2.75) is 0 Å². The Morgan fingerprint density at radius 2 is 1.59 bits per heavy atom. The number of aromatic nitrogens is 1. The van der Waals surface area contributed by atoms with Crippen molar-refractivity contribution in [1.82, 2.24) is 4.98 Å². The summed E-state index contributed by atoms with van der Waals surface area (Å²) in [5, 5.41) is 0. The Morgan fingerprint density at radius 1 is 0.852 bits per heavy atom. The van der Waals surface area contributed by atoms with Gasteiger partial charge >= 0.3 is 0 Å². The largest absolute Gasteiger partial charge is 0.497 e. The van der Waals surface area contributed by atoms with Crippen molar-refractivity contribution in [3.63, 3.8) is 0 Å². The van der Waals surface area contributed by atoms with Gasteiger partial charge in [0.05, 0.1) is 32.4 Å². The molecule has 0 radical (unpaired) electrons. The fourth-order valence-corrected chi connectivity index (χ4v) is 3.41. The van der Waals surface area contributed by atoms with Gasteiger partial charge in [-0.1, -0.05) is 0 Å². The minimum absolute atomic E-state index is 0.604. The van der Waals surface area contributed by atoms with Crippen LogP contribution in [0.15, 0.2) is 59.4 Å². The maximum atomic E-state index is 5.31. The predicted molar refractivity (Wildman–Crippen MR) is 106 cm³/mol. The molecule has 1 aromatic carbocycles. The molecule has 140 valence electrons. The van der Waals surface area contributed by atoms with E-state index in [1.807, 2.05) is 24.3 Å². The summed E-state index contributed by atoms with van der Waals surface area (Å²) in [5.74, 6) is 1.48. The average molecular weight is 365 g/mol. The van der Waals surface area contributed by atoms with Crippen molar-refractivity contribution in [3.05, 3.63) is 55.0 Å². The number of hydrogen-bond donors (Lipinski definition) is 0. The average Bonchev–Trinajstić information content (AvgIpc) is 3.28. The third-order valence-electron chi connectivity index (χ3n) is 4.91. The molecule has 0 amide bonds. The first kappa shape index (κ1) is 17.3. The number of nitrogens with zero attached hydrogens (tertiary/aromatic N) is 3. The van der Waals surface area contributed by atoms with E-state index >= 15 is 0 Å². The monoisotopic (exact) mass is 365 g/mol. The Hall–Kier alpha value is -3.15. The van der Waals surface area contributed by atoms with Crippen LogP contribution in [-0.4, -0.2) is 45.4 Å². The lowest BCUT2D eigenvalue weighted by atomic mass is 10.1. The fourth-order valence-electron chi connectivity index (χ4n) is 3.41. The summed E-state index contributed by atoms with van der Waals surface area (Å²) in [5.41, 5.74) is 4.17. The van der Waals surface area contributed by atoms with E-state index < -0.39 is 0 Å². The smallest absolute Gasteiger partial charge is 0.213 e. The minimum atomic E-state index is 0.604. The quantitative estimate of drug-likeness (QED) is 0.687. The third-order valence-corrected chi connectivity index (χ3v) is 4.91. The second kappa shape index (κ2) is 7.61. The molecule has 6 heteroatoms. The molecule has 1 aliphatic rings. The van der Waals surface area contributed by atoms with Gasteiger partial charge in [0, 0.05) is 43.5 Å². The number of anilines is 2. The first-order valence-electron chi connectivity index (χ1n) is 9.00. The van der Waals surface area contributed by atoms with Crippen molar-refractivity contribution in [1.29, 1.82) is 0 Å². The normalized spacial score (nSPS) is 14.3. The van der Waals surface area contributed by atoms with Crippen molar-refractivity contribution < 1.29 is 13.9 Å². The van der Waals surface area contributed by atoms with Crippen LogP contribution < -0.4 is 19.3 Å². The highest BCUT2D eigenvalue weighted by Crippen LogP contribution is 2.32. The van der Waals surface area contributed by atoms with Crippen molar-refractivity contribution >= 4 is 11.4 Å². The zero-order chi connectivity index (χ0) is 18.6. The predicted octanol–water partition coefficient (Wildman–Crippen LogP) is 3.69. The lowest BCUT2D eigenvalue weighted by Crippen LogP contribution is -2.46. The van der Waals surface area contributed by atoms with E-state index in [0.717, 1.165) is 48.9 Å². The molecule has 6 nitrogen and oxygen atoms in total. The second-order valence-electron chi connectivity index (χ2n) is 6.41. The molecule has 0 unspecified atom stereocenters. The molecule has 1 fully saturated rings. The number of ether oxygens (including phenoxy) is 2. The summed E-state index contributed by atoms with van der Waals surface area (Å²) in [6.07, 6.45) is 3.39. The van der Waals surface area contributed by atoms with Gasteiger partial charge in [0.2, 0.25) is 5.88 Å². The number of methoxy groups -OCH3 is 2. The van der Waals surface area contributed by atoms with Gasteiger partial charge in [-0.05, 0) is 36.4 Å². The highest BCUT2D eigenvalue weighted by atomic mass is 16.5. The van der Waals surface area contributed by atoms with Gasteiger partial charge in [-0.3, -0.25) is 0 Å². The van der Waals surface area contributed by atoms with Crippen LogP contribution in [0.3, 0.4) is 0 Å². The van der Waals surface area contributed by atoms with Gasteiger partial charge < -0.3 is 23.7 Å². The van der Waals surface area contributed by atoms with Gasteiger partial charge in [-0.2, -0.15) is 0 Å². The number of pyridine rings is 1. The Kier molecular flexibility index (Phi) is 4.87. The van der Waals surface area contributed by atoms with Crippen LogP contribution in [0.25, 0.3) is 11.3 Å². The van der Waals surface area contributed by atoms with E-state index in [0.29, 0.717) is 5.88 Å². The SMILES string of the molecule is COc1ccc(N2CCN(c3ccc(OC)nc3-c3ccoc3)CC2)cc1. The summed E-state index contributed by atoms with van der Waals surface area (Å²) in [4.78, 5) is 9.42.